The van der Waals surface area contributed by atoms with Crippen LogP contribution in [0.3, 0.4) is 0 Å². The topological polar surface area (TPSA) is 55.4 Å². The number of hydrogen-bond donors (Lipinski definition) is 0. The summed E-state index contributed by atoms with van der Waals surface area (Å²) in [7, 11) is 10.6. The first-order valence-electron chi connectivity index (χ1n) is 26.8. The van der Waals surface area contributed by atoms with Crippen molar-refractivity contribution in [2.24, 2.45) is 0 Å². The van der Waals surface area contributed by atoms with E-state index in [1.165, 1.54) is 33.4 Å². The molecular weight excluding hydrogens is 961 g/mol. The molecule has 22 aliphatic carbocycles. The van der Waals surface area contributed by atoms with E-state index in [1.54, 1.807) is 42.7 Å². The lowest BCUT2D eigenvalue weighted by Gasteiger charge is -2.31. The van der Waals surface area contributed by atoms with Crippen LogP contribution >= 0.6 is 0 Å². The molecule has 0 amide bonds. The van der Waals surface area contributed by atoms with Gasteiger partial charge in [0.15, 0.2) is 0 Å². The average Bonchev–Trinajstić information content (AvgIpc) is 3.69. The van der Waals surface area contributed by atoms with E-state index in [0.29, 0.717) is 0 Å². The zero-order valence-electron chi connectivity index (χ0n) is 44.7. The number of rotatable bonds is 6. The van der Waals surface area contributed by atoms with Crippen LogP contribution in [-0.2, 0) is 0 Å². The van der Waals surface area contributed by atoms with Crippen molar-refractivity contribution >= 4 is 0 Å². The van der Waals surface area contributed by atoms with Gasteiger partial charge in [-0.25, -0.2) is 0 Å². The van der Waals surface area contributed by atoms with Gasteiger partial charge in [-0.2, -0.15) is 0 Å². The number of benzene rings is 9. The van der Waals surface area contributed by atoms with Crippen molar-refractivity contribution in [3.63, 3.8) is 0 Å². The van der Waals surface area contributed by atoms with Crippen molar-refractivity contribution in [1.29, 1.82) is 0 Å². The van der Waals surface area contributed by atoms with Gasteiger partial charge in [-0.1, -0.05) is 182 Å². The molecule has 0 aromatic heterocycles. The van der Waals surface area contributed by atoms with Gasteiger partial charge < -0.3 is 28.4 Å². The summed E-state index contributed by atoms with van der Waals surface area (Å²) in [5.74, 6) is 4.79. The second-order valence-electron chi connectivity index (χ2n) is 20.6. The highest BCUT2D eigenvalue weighted by Crippen LogP contribution is 2.53. The van der Waals surface area contributed by atoms with Crippen molar-refractivity contribution in [2.45, 2.75) is 35.5 Å². The molecule has 22 aliphatic rings. The molecule has 0 N–H and O–H groups in total. The van der Waals surface area contributed by atoms with Crippen LogP contribution in [0.15, 0.2) is 218 Å². The molecule has 0 radical (unpaired) electrons. The molecule has 0 spiro atoms. The van der Waals surface area contributed by atoms with Gasteiger partial charge in [0, 0.05) is 68.9 Å². The largest absolute Gasteiger partial charge is 0.496 e. The number of methoxy groups -OCH3 is 6. The summed E-state index contributed by atoms with van der Waals surface area (Å²) in [4.78, 5) is 0. The standard InChI is InChI=1S/C72H60O6/c1-73-61-37-38-62(74-2)68-56-32-31-55(67(61)68)49-19-7-43(8-20-49)45-11-23-51(24-12-45)57-33-34-59(71-65(77-5)40-39-63(75-3)69(57)71)53-27-15-47(16-28-53)48-17-29-54(30-18-48)60-36-35-58(70-64(76-4)41-42-66(78-6)72(60)70)52-25-13-46(14-26-52)44-9-21-50(56)22-10-44/h7-42,55-60H,1-6H3/t55-,56+,57-,58-,59+,60+. The smallest absolute Gasteiger partial charge is 0.123 e. The van der Waals surface area contributed by atoms with E-state index in [4.69, 9.17) is 28.4 Å². The zero-order chi connectivity index (χ0) is 53.0. The van der Waals surface area contributed by atoms with Gasteiger partial charge in [-0.05, 0) is 103 Å². The Morgan fingerprint density at radius 1 is 0.179 bits per heavy atom. The quantitative estimate of drug-likeness (QED) is 0.155. The third-order valence-electron chi connectivity index (χ3n) is 16.9. The van der Waals surface area contributed by atoms with E-state index in [9.17, 15) is 0 Å². The van der Waals surface area contributed by atoms with Crippen LogP contribution in [-0.4, -0.2) is 42.7 Å². The molecule has 6 heteroatoms. The molecule has 384 valence electrons. The zero-order valence-corrected chi connectivity index (χ0v) is 44.7. The molecular formula is C72H60O6. The summed E-state index contributed by atoms with van der Waals surface area (Å²) in [6.07, 6.45) is 14.0. The van der Waals surface area contributed by atoms with Gasteiger partial charge in [0.2, 0.25) is 0 Å². The fraction of sp³-hybridized carbons (Fsp3) is 0.167. The minimum Gasteiger partial charge on any atom is -0.496 e. The molecule has 0 unspecified atom stereocenters. The number of hydrogen-bond acceptors (Lipinski definition) is 6. The first-order valence-corrected chi connectivity index (χ1v) is 26.8. The molecule has 6 atom stereocenters. The van der Waals surface area contributed by atoms with Gasteiger partial charge in [0.25, 0.3) is 0 Å². The molecule has 0 saturated carbocycles. The molecule has 31 rings (SSSR count). The number of ether oxygens (including phenoxy) is 6. The molecule has 0 aliphatic heterocycles. The maximum atomic E-state index is 6.15. The Kier molecular flexibility index (Phi) is 12.6. The van der Waals surface area contributed by atoms with E-state index < -0.39 is 0 Å². The maximum absolute atomic E-state index is 6.15. The highest BCUT2D eigenvalue weighted by Gasteiger charge is 2.35. The van der Waals surface area contributed by atoms with E-state index in [2.05, 4.69) is 182 Å². The first-order chi connectivity index (χ1) is 38.4. The summed E-state index contributed by atoms with van der Waals surface area (Å²) in [5.41, 5.74) is 20.7. The van der Waals surface area contributed by atoms with Gasteiger partial charge in [0.1, 0.15) is 34.5 Å². The first kappa shape index (κ1) is 48.6. The normalized spacial score (nSPS) is 19.0. The summed E-state index contributed by atoms with van der Waals surface area (Å²) in [6.45, 7) is 0. The molecule has 0 saturated heterocycles. The Balaban J connectivity index is 0.935. The number of allylic oxidation sites excluding steroid dienone is 6. The Labute approximate surface area is 457 Å². The molecule has 9 aromatic carbocycles. The van der Waals surface area contributed by atoms with Crippen molar-refractivity contribution in [3.8, 4) is 67.9 Å². The third kappa shape index (κ3) is 8.17. The molecule has 18 bridgehead atoms. The molecule has 9 aromatic rings. The van der Waals surface area contributed by atoms with Crippen molar-refractivity contribution in [3.05, 3.63) is 285 Å². The second-order valence-corrected chi connectivity index (χ2v) is 20.6. The Morgan fingerprint density at radius 2 is 0.308 bits per heavy atom. The van der Waals surface area contributed by atoms with E-state index in [1.807, 2.05) is 36.4 Å². The lowest BCUT2D eigenvalue weighted by molar-refractivity contribution is 0.392. The average molecular weight is 1020 g/mol. The predicted molar refractivity (Wildman–Crippen MR) is 313 cm³/mol. The fourth-order valence-corrected chi connectivity index (χ4v) is 13.0. The SMILES string of the molecule is COc1ccc(OC)c2c1[C@@H]1C=C[C@H]2c2ccc(cc2)-c2ccc(cc2)[C@H]2C=C[C@@H](c3ccc(cc3)-c3ccc(cc3)[C@@H]3C=C[C@H](c4ccc(cc4)-c4ccc1cc4)c1c(OC)ccc(OC)c13)c1c(OC)ccc(OC)c12. The summed E-state index contributed by atoms with van der Waals surface area (Å²) in [6, 6.07) is 66.1. The fourth-order valence-electron chi connectivity index (χ4n) is 13.0. The lowest BCUT2D eigenvalue weighted by Crippen LogP contribution is -2.15. The van der Waals surface area contributed by atoms with Crippen molar-refractivity contribution in [1.82, 2.24) is 0 Å². The minimum absolute atomic E-state index is 0.0430. The minimum atomic E-state index is -0.0430. The monoisotopic (exact) mass is 1020 g/mol. The summed E-state index contributed by atoms with van der Waals surface area (Å²) in [5, 5.41) is 0. The molecule has 78 heavy (non-hydrogen) atoms. The Hall–Kier alpha value is -9.00. The molecule has 6 nitrogen and oxygen atoms in total. The lowest BCUT2D eigenvalue weighted by atomic mass is 9.74. The predicted octanol–water partition coefficient (Wildman–Crippen LogP) is 16.6. The van der Waals surface area contributed by atoms with Crippen LogP contribution in [0.5, 0.6) is 34.5 Å². The van der Waals surface area contributed by atoms with Gasteiger partial charge >= 0.3 is 0 Å². The Morgan fingerprint density at radius 3 is 0.423 bits per heavy atom. The van der Waals surface area contributed by atoms with Crippen molar-refractivity contribution < 1.29 is 28.4 Å². The molecule has 0 fully saturated rings. The maximum Gasteiger partial charge on any atom is 0.123 e. The van der Waals surface area contributed by atoms with E-state index in [-0.39, 0.29) is 35.5 Å². The Bertz CT molecular complexity index is 3150. The van der Waals surface area contributed by atoms with E-state index in [0.717, 1.165) is 101 Å². The highest BCUT2D eigenvalue weighted by molar-refractivity contribution is 5.72. The van der Waals surface area contributed by atoms with Crippen LogP contribution in [0.2, 0.25) is 0 Å². The van der Waals surface area contributed by atoms with Crippen LogP contribution < -0.4 is 28.4 Å². The highest BCUT2D eigenvalue weighted by atomic mass is 16.5. The summed E-state index contributed by atoms with van der Waals surface area (Å²) < 4.78 is 36.9. The van der Waals surface area contributed by atoms with Crippen LogP contribution in [0.4, 0.5) is 0 Å². The molecule has 0 heterocycles. The van der Waals surface area contributed by atoms with Crippen LogP contribution in [0.1, 0.15) is 102 Å². The van der Waals surface area contributed by atoms with Crippen LogP contribution in [0.25, 0.3) is 33.4 Å². The van der Waals surface area contributed by atoms with E-state index >= 15 is 0 Å². The summed E-state index contributed by atoms with van der Waals surface area (Å²) >= 11 is 0. The van der Waals surface area contributed by atoms with Gasteiger partial charge in [0.05, 0.1) is 42.7 Å². The van der Waals surface area contributed by atoms with Gasteiger partial charge in [-0.15, -0.1) is 0 Å². The third-order valence-corrected chi connectivity index (χ3v) is 16.9. The van der Waals surface area contributed by atoms with Crippen molar-refractivity contribution in [2.75, 3.05) is 42.7 Å². The second kappa shape index (κ2) is 20.2. The van der Waals surface area contributed by atoms with Crippen LogP contribution in [0, 0.1) is 0 Å². The van der Waals surface area contributed by atoms with Gasteiger partial charge in [-0.3, -0.25) is 0 Å².